The van der Waals surface area contributed by atoms with Gasteiger partial charge in [0.2, 0.25) is 0 Å². The summed E-state index contributed by atoms with van der Waals surface area (Å²) in [4.78, 5) is 10.6. The monoisotopic (exact) mass is 241 g/mol. The summed E-state index contributed by atoms with van der Waals surface area (Å²) in [5, 5.41) is 11.4. The second-order valence-corrected chi connectivity index (χ2v) is 5.94. The quantitative estimate of drug-likeness (QED) is 0.770. The molecule has 0 bridgehead atoms. The van der Waals surface area contributed by atoms with Crippen molar-refractivity contribution in [1.29, 1.82) is 0 Å². The summed E-state index contributed by atoms with van der Waals surface area (Å²) in [5.41, 5.74) is 0. The van der Waals surface area contributed by atoms with Crippen molar-refractivity contribution in [2.45, 2.75) is 65.3 Å². The van der Waals surface area contributed by atoms with E-state index in [0.717, 1.165) is 12.8 Å². The number of rotatable bonds is 2. The molecule has 0 heterocycles. The summed E-state index contributed by atoms with van der Waals surface area (Å²) >= 11 is 0. The van der Waals surface area contributed by atoms with E-state index < -0.39 is 6.09 Å². The molecule has 2 rings (SSSR count). The van der Waals surface area contributed by atoms with Crippen LogP contribution in [0.5, 0.6) is 0 Å². The van der Waals surface area contributed by atoms with Crippen LogP contribution in [0.3, 0.4) is 0 Å². The van der Waals surface area contributed by atoms with Crippen molar-refractivity contribution in [2.24, 2.45) is 17.8 Å². The van der Waals surface area contributed by atoms with Crippen LogP contribution in [0.25, 0.3) is 0 Å². The Labute approximate surface area is 105 Å². The number of hydrogen-bond donors (Lipinski definition) is 2. The standard InChI is InChI=1S/C11H21NO2.C3H6/c1-7(2)9-5-4-8(3)6-10(9)12-11(13)14;1-2-3-1/h7-10,12H,4-6H2,1-3H3,(H,13,14);1-3H2/t8-,9-,10+;/m0./s1. The molecule has 3 heteroatoms. The Morgan fingerprint density at radius 1 is 1.24 bits per heavy atom. The Kier molecular flexibility index (Phi) is 5.79. The summed E-state index contributed by atoms with van der Waals surface area (Å²) in [5.74, 6) is 1.74. The molecule has 0 aliphatic heterocycles. The van der Waals surface area contributed by atoms with Crippen LogP contribution >= 0.6 is 0 Å². The molecular formula is C14H27NO2. The van der Waals surface area contributed by atoms with Gasteiger partial charge in [0.25, 0.3) is 0 Å². The van der Waals surface area contributed by atoms with Gasteiger partial charge in [-0.15, -0.1) is 0 Å². The van der Waals surface area contributed by atoms with Gasteiger partial charge in [0.05, 0.1) is 0 Å². The molecule has 2 saturated carbocycles. The maximum Gasteiger partial charge on any atom is 0.404 e. The summed E-state index contributed by atoms with van der Waals surface area (Å²) in [6, 6.07) is 0.163. The highest BCUT2D eigenvalue weighted by molar-refractivity contribution is 5.64. The smallest absolute Gasteiger partial charge is 0.404 e. The van der Waals surface area contributed by atoms with Gasteiger partial charge in [-0.1, -0.05) is 46.5 Å². The Morgan fingerprint density at radius 3 is 2.24 bits per heavy atom. The van der Waals surface area contributed by atoms with Crippen LogP contribution in [0, 0.1) is 17.8 Å². The number of hydrogen-bond acceptors (Lipinski definition) is 1. The van der Waals surface area contributed by atoms with Crippen molar-refractivity contribution in [3.05, 3.63) is 0 Å². The molecule has 0 spiro atoms. The minimum Gasteiger partial charge on any atom is -0.465 e. The zero-order valence-corrected chi connectivity index (χ0v) is 11.4. The average Bonchev–Trinajstić information content (AvgIpc) is 3.02. The van der Waals surface area contributed by atoms with Gasteiger partial charge in [-0.25, -0.2) is 4.79 Å². The molecule has 100 valence electrons. The molecule has 0 aromatic heterocycles. The van der Waals surface area contributed by atoms with Gasteiger partial charge in [-0.05, 0) is 30.6 Å². The lowest BCUT2D eigenvalue weighted by Crippen LogP contribution is -2.45. The lowest BCUT2D eigenvalue weighted by molar-refractivity contribution is 0.147. The Bertz CT molecular complexity index is 236. The molecule has 2 aliphatic carbocycles. The van der Waals surface area contributed by atoms with E-state index in [1.54, 1.807) is 0 Å². The van der Waals surface area contributed by atoms with E-state index in [1.165, 1.54) is 25.7 Å². The van der Waals surface area contributed by atoms with Crippen LogP contribution in [0.1, 0.15) is 59.3 Å². The second kappa shape index (κ2) is 6.87. The first kappa shape index (κ1) is 14.3. The van der Waals surface area contributed by atoms with Crippen molar-refractivity contribution >= 4 is 6.09 Å². The van der Waals surface area contributed by atoms with Crippen molar-refractivity contribution < 1.29 is 9.90 Å². The minimum absolute atomic E-state index is 0.163. The lowest BCUT2D eigenvalue weighted by Gasteiger charge is -2.37. The highest BCUT2D eigenvalue weighted by atomic mass is 16.4. The third kappa shape index (κ3) is 5.94. The van der Waals surface area contributed by atoms with Gasteiger partial charge < -0.3 is 10.4 Å². The van der Waals surface area contributed by atoms with E-state index in [1.807, 2.05) is 0 Å². The molecule has 3 atom stereocenters. The van der Waals surface area contributed by atoms with Gasteiger partial charge in [0, 0.05) is 6.04 Å². The molecule has 0 aromatic rings. The van der Waals surface area contributed by atoms with Gasteiger partial charge in [-0.2, -0.15) is 0 Å². The molecule has 2 N–H and O–H groups in total. The van der Waals surface area contributed by atoms with Gasteiger partial charge in [0.1, 0.15) is 0 Å². The summed E-state index contributed by atoms with van der Waals surface area (Å²) in [7, 11) is 0. The van der Waals surface area contributed by atoms with E-state index in [-0.39, 0.29) is 6.04 Å². The molecule has 17 heavy (non-hydrogen) atoms. The first-order chi connectivity index (χ1) is 8.00. The van der Waals surface area contributed by atoms with E-state index in [2.05, 4.69) is 26.1 Å². The number of carbonyl (C=O) groups is 1. The fourth-order valence-electron chi connectivity index (χ4n) is 2.53. The fraction of sp³-hybridized carbons (Fsp3) is 0.929. The van der Waals surface area contributed by atoms with Gasteiger partial charge in [-0.3, -0.25) is 0 Å². The van der Waals surface area contributed by atoms with Crippen LogP contribution in [0.4, 0.5) is 4.79 Å². The Balaban J connectivity index is 0.000000415. The molecule has 0 radical (unpaired) electrons. The first-order valence-corrected chi connectivity index (χ1v) is 7.00. The van der Waals surface area contributed by atoms with Crippen LogP contribution in [0.15, 0.2) is 0 Å². The average molecular weight is 241 g/mol. The van der Waals surface area contributed by atoms with Gasteiger partial charge >= 0.3 is 6.09 Å². The van der Waals surface area contributed by atoms with Crippen LogP contribution < -0.4 is 5.32 Å². The van der Waals surface area contributed by atoms with Crippen LogP contribution in [-0.2, 0) is 0 Å². The molecule has 3 nitrogen and oxygen atoms in total. The topological polar surface area (TPSA) is 49.3 Å². The number of carboxylic acid groups (broad SMARTS) is 1. The van der Waals surface area contributed by atoms with Crippen molar-refractivity contribution in [3.63, 3.8) is 0 Å². The number of nitrogens with one attached hydrogen (secondary N) is 1. The highest BCUT2D eigenvalue weighted by Crippen LogP contribution is 2.33. The summed E-state index contributed by atoms with van der Waals surface area (Å²) in [6.07, 6.45) is 7.01. The molecular weight excluding hydrogens is 214 g/mol. The fourth-order valence-corrected chi connectivity index (χ4v) is 2.53. The van der Waals surface area contributed by atoms with Crippen molar-refractivity contribution in [2.75, 3.05) is 0 Å². The zero-order valence-electron chi connectivity index (χ0n) is 11.4. The third-order valence-corrected chi connectivity index (χ3v) is 3.68. The molecule has 1 amide bonds. The largest absolute Gasteiger partial charge is 0.465 e. The Morgan fingerprint density at radius 2 is 1.82 bits per heavy atom. The molecule has 0 unspecified atom stereocenters. The second-order valence-electron chi connectivity index (χ2n) is 5.94. The van der Waals surface area contributed by atoms with Gasteiger partial charge in [0.15, 0.2) is 0 Å². The van der Waals surface area contributed by atoms with Crippen LogP contribution in [-0.4, -0.2) is 17.2 Å². The van der Waals surface area contributed by atoms with E-state index >= 15 is 0 Å². The van der Waals surface area contributed by atoms with Crippen molar-refractivity contribution in [3.8, 4) is 0 Å². The number of amides is 1. The van der Waals surface area contributed by atoms with E-state index in [4.69, 9.17) is 5.11 Å². The normalized spacial score (nSPS) is 31.4. The zero-order chi connectivity index (χ0) is 12.8. The third-order valence-electron chi connectivity index (χ3n) is 3.68. The molecule has 2 fully saturated rings. The molecule has 2 aliphatic rings. The summed E-state index contributed by atoms with van der Waals surface area (Å²) < 4.78 is 0. The lowest BCUT2D eigenvalue weighted by atomic mass is 9.74. The van der Waals surface area contributed by atoms with Crippen molar-refractivity contribution in [1.82, 2.24) is 5.32 Å². The Hall–Kier alpha value is -0.730. The maximum atomic E-state index is 10.6. The molecule has 0 aromatic carbocycles. The van der Waals surface area contributed by atoms with E-state index in [0.29, 0.717) is 17.8 Å². The first-order valence-electron chi connectivity index (χ1n) is 7.00. The molecule has 0 saturated heterocycles. The predicted octanol–water partition coefficient (Wildman–Crippen LogP) is 3.89. The predicted molar refractivity (Wildman–Crippen MR) is 70.1 cm³/mol. The SMILES string of the molecule is C1CC1.CC(C)[C@@H]1CC[C@H](C)C[C@H]1NC(=O)O. The van der Waals surface area contributed by atoms with Crippen LogP contribution in [0.2, 0.25) is 0 Å². The summed E-state index contributed by atoms with van der Waals surface area (Å²) in [6.45, 7) is 6.56. The highest BCUT2D eigenvalue weighted by Gasteiger charge is 2.31. The maximum absolute atomic E-state index is 10.6. The van der Waals surface area contributed by atoms with E-state index in [9.17, 15) is 4.79 Å². The minimum atomic E-state index is -0.880.